The normalized spacial score (nSPS) is 11.6. The second-order valence-corrected chi connectivity index (χ2v) is 9.57. The van der Waals surface area contributed by atoms with Gasteiger partial charge in [0.25, 0.3) is 5.91 Å². The fourth-order valence-corrected chi connectivity index (χ4v) is 5.69. The molecule has 0 unspecified atom stereocenters. The van der Waals surface area contributed by atoms with Crippen molar-refractivity contribution in [2.45, 2.75) is 26.9 Å². The van der Waals surface area contributed by atoms with E-state index in [9.17, 15) is 4.79 Å². The molecule has 5 rings (SSSR count). The Labute approximate surface area is 187 Å². The highest BCUT2D eigenvalue weighted by Gasteiger charge is 2.17. The van der Waals surface area contributed by atoms with E-state index in [1.807, 2.05) is 42.6 Å². The SMILES string of the molecule is CCn1c(CN(C)C(=O)COc2cc3sc(C)nc3c3sccc23)nc2ccccc21. The maximum absolute atomic E-state index is 12.8. The molecule has 5 aromatic rings. The van der Waals surface area contributed by atoms with Crippen LogP contribution in [0.1, 0.15) is 17.8 Å². The number of thiophene rings is 1. The molecular formula is C23H22N4O2S2. The number of likely N-dealkylation sites (N-methyl/N-ethyl adjacent to an activating group) is 1. The second kappa shape index (κ2) is 7.94. The molecule has 0 aliphatic heterocycles. The summed E-state index contributed by atoms with van der Waals surface area (Å²) < 4.78 is 10.3. The van der Waals surface area contributed by atoms with Crippen LogP contribution in [0.5, 0.6) is 5.75 Å². The maximum atomic E-state index is 12.8. The Balaban J connectivity index is 1.34. The van der Waals surface area contributed by atoms with Crippen molar-refractivity contribution in [2.24, 2.45) is 0 Å². The summed E-state index contributed by atoms with van der Waals surface area (Å²) in [6.07, 6.45) is 0. The number of thiazole rings is 1. The molecule has 0 bridgehead atoms. The van der Waals surface area contributed by atoms with Gasteiger partial charge in [0.1, 0.15) is 11.6 Å². The number of rotatable bonds is 6. The van der Waals surface area contributed by atoms with Crippen LogP contribution in [0.15, 0.2) is 41.8 Å². The summed E-state index contributed by atoms with van der Waals surface area (Å²) in [7, 11) is 1.79. The predicted molar refractivity (Wildman–Crippen MR) is 127 cm³/mol. The minimum absolute atomic E-state index is 0.0168. The number of carbonyl (C=O) groups excluding carboxylic acids is 1. The summed E-state index contributed by atoms with van der Waals surface area (Å²) in [5.74, 6) is 1.52. The second-order valence-electron chi connectivity index (χ2n) is 7.42. The van der Waals surface area contributed by atoms with Gasteiger partial charge in [0.05, 0.1) is 37.5 Å². The Morgan fingerprint density at radius 2 is 2.06 bits per heavy atom. The van der Waals surface area contributed by atoms with Gasteiger partial charge in [0, 0.05) is 25.0 Å². The first-order chi connectivity index (χ1) is 15.0. The van der Waals surface area contributed by atoms with Crippen molar-refractivity contribution < 1.29 is 9.53 Å². The van der Waals surface area contributed by atoms with E-state index >= 15 is 0 Å². The van der Waals surface area contributed by atoms with E-state index in [4.69, 9.17) is 9.72 Å². The lowest BCUT2D eigenvalue weighted by atomic mass is 10.2. The number of fused-ring (bicyclic) bond motifs is 4. The van der Waals surface area contributed by atoms with Gasteiger partial charge < -0.3 is 14.2 Å². The van der Waals surface area contributed by atoms with Crippen molar-refractivity contribution >= 4 is 59.9 Å². The highest BCUT2D eigenvalue weighted by atomic mass is 32.1. The Kier molecular flexibility index (Phi) is 5.11. The average Bonchev–Trinajstić information content (AvgIpc) is 3.46. The zero-order valence-corrected chi connectivity index (χ0v) is 19.2. The average molecular weight is 451 g/mol. The van der Waals surface area contributed by atoms with Crippen molar-refractivity contribution in [1.82, 2.24) is 19.4 Å². The Bertz CT molecular complexity index is 1420. The van der Waals surface area contributed by atoms with Crippen LogP contribution in [0.3, 0.4) is 0 Å². The van der Waals surface area contributed by atoms with Crippen molar-refractivity contribution in [3.63, 3.8) is 0 Å². The van der Waals surface area contributed by atoms with Gasteiger partial charge in [0.15, 0.2) is 6.61 Å². The number of carbonyl (C=O) groups is 1. The summed E-state index contributed by atoms with van der Waals surface area (Å²) in [6.45, 7) is 5.32. The quantitative estimate of drug-likeness (QED) is 0.356. The number of para-hydroxylation sites is 2. The van der Waals surface area contributed by atoms with Gasteiger partial charge in [-0.3, -0.25) is 4.79 Å². The van der Waals surface area contributed by atoms with Gasteiger partial charge in [-0.1, -0.05) is 12.1 Å². The van der Waals surface area contributed by atoms with Crippen LogP contribution in [0, 0.1) is 6.92 Å². The largest absolute Gasteiger partial charge is 0.483 e. The third-order valence-electron chi connectivity index (χ3n) is 5.37. The van der Waals surface area contributed by atoms with Crippen molar-refractivity contribution in [3.8, 4) is 5.75 Å². The molecule has 8 heteroatoms. The van der Waals surface area contributed by atoms with E-state index in [1.165, 1.54) is 0 Å². The highest BCUT2D eigenvalue weighted by Crippen LogP contribution is 2.38. The maximum Gasteiger partial charge on any atom is 0.260 e. The number of hydrogen-bond acceptors (Lipinski definition) is 6. The van der Waals surface area contributed by atoms with E-state index in [-0.39, 0.29) is 12.5 Å². The van der Waals surface area contributed by atoms with Gasteiger partial charge in [-0.05, 0) is 37.4 Å². The molecule has 0 N–H and O–H groups in total. The van der Waals surface area contributed by atoms with Gasteiger partial charge in [-0.25, -0.2) is 9.97 Å². The first-order valence-corrected chi connectivity index (χ1v) is 11.8. The molecule has 0 fully saturated rings. The van der Waals surface area contributed by atoms with E-state index in [2.05, 4.69) is 22.5 Å². The molecule has 0 saturated heterocycles. The first-order valence-electron chi connectivity index (χ1n) is 10.1. The van der Waals surface area contributed by atoms with Gasteiger partial charge in [-0.15, -0.1) is 22.7 Å². The Morgan fingerprint density at radius 3 is 2.90 bits per heavy atom. The third kappa shape index (κ3) is 3.55. The number of hydrogen-bond donors (Lipinski definition) is 0. The minimum atomic E-state index is -0.0846. The van der Waals surface area contributed by atoms with Crippen LogP contribution >= 0.6 is 22.7 Å². The van der Waals surface area contributed by atoms with E-state index in [1.54, 1.807) is 34.6 Å². The Hall–Kier alpha value is -2.97. The molecule has 0 aliphatic carbocycles. The van der Waals surface area contributed by atoms with Crippen LogP contribution in [0.25, 0.3) is 31.3 Å². The summed E-state index contributed by atoms with van der Waals surface area (Å²) in [6, 6.07) is 12.1. The summed E-state index contributed by atoms with van der Waals surface area (Å²) >= 11 is 3.29. The standard InChI is InChI=1S/C23H22N4O2S2/c1-4-27-17-8-6-5-7-16(17)25-20(27)12-26(3)21(28)13-29-18-11-19-22(24-14(2)31-19)23-15(18)9-10-30-23/h5-11H,4,12-13H2,1-3H3. The molecule has 6 nitrogen and oxygen atoms in total. The first kappa shape index (κ1) is 20.0. The number of ether oxygens (including phenoxy) is 1. The van der Waals surface area contributed by atoms with Crippen molar-refractivity contribution in [2.75, 3.05) is 13.7 Å². The lowest BCUT2D eigenvalue weighted by molar-refractivity contribution is -0.132. The van der Waals surface area contributed by atoms with E-state index in [0.29, 0.717) is 6.54 Å². The van der Waals surface area contributed by atoms with Crippen LogP contribution in [0.4, 0.5) is 0 Å². The molecule has 0 radical (unpaired) electrons. The zero-order valence-electron chi connectivity index (χ0n) is 17.6. The highest BCUT2D eigenvalue weighted by molar-refractivity contribution is 7.21. The molecule has 0 aliphatic rings. The molecule has 158 valence electrons. The van der Waals surface area contributed by atoms with E-state index < -0.39 is 0 Å². The smallest absolute Gasteiger partial charge is 0.260 e. The summed E-state index contributed by atoms with van der Waals surface area (Å²) in [5.41, 5.74) is 3.05. The zero-order chi connectivity index (χ0) is 21.5. The summed E-state index contributed by atoms with van der Waals surface area (Å²) in [5, 5.41) is 4.07. The lowest BCUT2D eigenvalue weighted by Crippen LogP contribution is -2.32. The van der Waals surface area contributed by atoms with Crippen LogP contribution < -0.4 is 4.74 Å². The molecule has 31 heavy (non-hydrogen) atoms. The van der Waals surface area contributed by atoms with Crippen LogP contribution in [-0.2, 0) is 17.9 Å². The molecule has 2 aromatic carbocycles. The van der Waals surface area contributed by atoms with Gasteiger partial charge in [0.2, 0.25) is 0 Å². The fourth-order valence-electron chi connectivity index (χ4n) is 3.86. The molecule has 3 aromatic heterocycles. The topological polar surface area (TPSA) is 60.2 Å². The molecule has 0 spiro atoms. The number of benzene rings is 2. The number of nitrogens with zero attached hydrogens (tertiary/aromatic N) is 4. The molecule has 1 amide bonds. The molecular weight excluding hydrogens is 428 g/mol. The van der Waals surface area contributed by atoms with Crippen molar-refractivity contribution in [1.29, 1.82) is 0 Å². The van der Waals surface area contributed by atoms with Crippen LogP contribution in [0.2, 0.25) is 0 Å². The predicted octanol–water partition coefficient (Wildman–Crippen LogP) is 5.23. The molecule has 3 heterocycles. The van der Waals surface area contributed by atoms with Gasteiger partial charge in [-0.2, -0.15) is 0 Å². The fraction of sp³-hybridized carbons (Fsp3) is 0.261. The molecule has 0 saturated carbocycles. The van der Waals surface area contributed by atoms with Gasteiger partial charge >= 0.3 is 0 Å². The third-order valence-corrected chi connectivity index (χ3v) is 7.21. The summed E-state index contributed by atoms with van der Waals surface area (Å²) in [4.78, 5) is 23.9. The lowest BCUT2D eigenvalue weighted by Gasteiger charge is -2.18. The number of aryl methyl sites for hydroxylation is 2. The number of amides is 1. The van der Waals surface area contributed by atoms with Crippen LogP contribution in [-0.4, -0.2) is 39.0 Å². The van der Waals surface area contributed by atoms with Crippen molar-refractivity contribution in [3.05, 3.63) is 52.6 Å². The minimum Gasteiger partial charge on any atom is -0.483 e. The monoisotopic (exact) mass is 450 g/mol. The molecule has 0 atom stereocenters. The number of aromatic nitrogens is 3. The Morgan fingerprint density at radius 1 is 1.23 bits per heavy atom. The van der Waals surface area contributed by atoms with E-state index in [0.717, 1.165) is 54.5 Å². The number of imidazole rings is 1.